The van der Waals surface area contributed by atoms with Crippen LogP contribution in [0.2, 0.25) is 0 Å². The van der Waals surface area contributed by atoms with Crippen LogP contribution in [0.5, 0.6) is 5.75 Å². The number of thiocarbonyl (C=S) groups is 1. The van der Waals surface area contributed by atoms with E-state index in [9.17, 15) is 4.79 Å². The average Bonchev–Trinajstić information content (AvgIpc) is 2.56. The summed E-state index contributed by atoms with van der Waals surface area (Å²) in [5.74, 6) is 0.974. The molecule has 1 aromatic carbocycles. The summed E-state index contributed by atoms with van der Waals surface area (Å²) in [5, 5.41) is 15.3. The number of nitrogens with one attached hydrogen (secondary N) is 2. The first-order valence-corrected chi connectivity index (χ1v) is 8.77. The summed E-state index contributed by atoms with van der Waals surface area (Å²) in [6.45, 7) is 2.09. The van der Waals surface area contributed by atoms with Gasteiger partial charge >= 0.3 is 0 Å². The molecule has 1 unspecified atom stereocenters. The number of methoxy groups -OCH3 is 1. The van der Waals surface area contributed by atoms with E-state index in [2.05, 4.69) is 10.6 Å². The molecule has 1 aromatic rings. The van der Waals surface area contributed by atoms with Gasteiger partial charge in [0.15, 0.2) is 11.3 Å². The molecule has 1 amide bonds. The fraction of sp³-hybridized carbons (Fsp3) is 0.400. The minimum Gasteiger partial charge on any atom is -0.497 e. The van der Waals surface area contributed by atoms with Gasteiger partial charge in [-0.3, -0.25) is 4.79 Å². The summed E-state index contributed by atoms with van der Waals surface area (Å²) in [5.41, 5.74) is 0.784. The van der Waals surface area contributed by atoms with Gasteiger partial charge in [-0.25, -0.2) is 4.90 Å². The predicted octanol–water partition coefficient (Wildman–Crippen LogP) is 2.04. The molecule has 23 heavy (non-hydrogen) atoms. The number of hydrogen-bond donors (Lipinski definition) is 2. The van der Waals surface area contributed by atoms with Crippen LogP contribution in [0.4, 0.5) is 5.69 Å². The highest BCUT2D eigenvalue weighted by Gasteiger charge is 2.23. The summed E-state index contributed by atoms with van der Waals surface area (Å²) in [6, 6.07) is 6.72. The van der Waals surface area contributed by atoms with Crippen molar-refractivity contribution < 1.29 is 9.53 Å². The van der Waals surface area contributed by atoms with E-state index < -0.39 is 6.04 Å². The van der Waals surface area contributed by atoms with Crippen LogP contribution in [-0.4, -0.2) is 47.6 Å². The summed E-state index contributed by atoms with van der Waals surface area (Å²) in [6.07, 6.45) is 3.78. The number of amides is 1. The van der Waals surface area contributed by atoms with Gasteiger partial charge in [0, 0.05) is 18.0 Å². The van der Waals surface area contributed by atoms with E-state index in [1.165, 1.54) is 11.8 Å². The van der Waals surface area contributed by atoms with Crippen molar-refractivity contribution in [1.82, 2.24) is 10.2 Å². The first kappa shape index (κ1) is 19.1. The van der Waals surface area contributed by atoms with Crippen LogP contribution in [0.1, 0.15) is 6.92 Å². The average molecular weight is 352 g/mol. The molecular formula is C15H20N4O2S2. The van der Waals surface area contributed by atoms with Gasteiger partial charge in [-0.15, -0.1) is 0 Å². The van der Waals surface area contributed by atoms with Gasteiger partial charge in [0.2, 0.25) is 0 Å². The third-order valence-electron chi connectivity index (χ3n) is 2.99. The molecule has 0 saturated heterocycles. The molecular weight excluding hydrogens is 332 g/mol. The second kappa shape index (κ2) is 9.92. The Labute approximate surface area is 146 Å². The Morgan fingerprint density at radius 2 is 2.13 bits per heavy atom. The van der Waals surface area contributed by atoms with E-state index in [0.29, 0.717) is 17.4 Å². The van der Waals surface area contributed by atoms with Gasteiger partial charge in [0.05, 0.1) is 7.11 Å². The first-order valence-electron chi connectivity index (χ1n) is 6.97. The number of thioether (sulfide) groups is 1. The summed E-state index contributed by atoms with van der Waals surface area (Å²) in [4.78, 5) is 13.4. The Balaban J connectivity index is 2.69. The predicted molar refractivity (Wildman–Crippen MR) is 97.5 cm³/mol. The Morgan fingerprint density at radius 3 is 2.61 bits per heavy atom. The van der Waals surface area contributed by atoms with Crippen molar-refractivity contribution in [3.63, 3.8) is 0 Å². The van der Waals surface area contributed by atoms with Crippen LogP contribution in [0, 0.1) is 11.5 Å². The van der Waals surface area contributed by atoms with Gasteiger partial charge in [-0.05, 0) is 49.7 Å². The molecule has 1 rings (SSSR count). The zero-order valence-corrected chi connectivity index (χ0v) is 15.0. The zero-order valence-electron chi connectivity index (χ0n) is 13.3. The standard InChI is InChI=1S/C15H20N4O2S2/c1-4-19(10-16)14(20)13(9-23-3)18-15(22)17-11-5-7-12(21-2)8-6-11/h5-8,13H,4,9H2,1-3H3,(H2,17,18,22). The van der Waals surface area contributed by atoms with Gasteiger partial charge in [-0.2, -0.15) is 17.0 Å². The third kappa shape index (κ3) is 5.96. The lowest BCUT2D eigenvalue weighted by Gasteiger charge is -2.22. The minimum absolute atomic E-state index is 0.289. The van der Waals surface area contributed by atoms with E-state index in [4.69, 9.17) is 22.2 Å². The Kier molecular flexibility index (Phi) is 8.22. The van der Waals surface area contributed by atoms with Crippen LogP contribution in [-0.2, 0) is 4.79 Å². The normalized spacial score (nSPS) is 11.0. The number of carbonyl (C=O) groups excluding carboxylic acids is 1. The van der Waals surface area contributed by atoms with Gasteiger partial charge in [0.1, 0.15) is 11.8 Å². The van der Waals surface area contributed by atoms with Crippen LogP contribution in [0.25, 0.3) is 0 Å². The Morgan fingerprint density at radius 1 is 1.48 bits per heavy atom. The number of likely N-dealkylation sites (N-methyl/N-ethyl adjacent to an activating group) is 1. The maximum Gasteiger partial charge on any atom is 0.258 e. The highest BCUT2D eigenvalue weighted by atomic mass is 32.2. The van der Waals surface area contributed by atoms with Gasteiger partial charge in [0.25, 0.3) is 5.91 Å². The highest BCUT2D eigenvalue weighted by molar-refractivity contribution is 7.98. The Hall–Kier alpha value is -1.98. The lowest BCUT2D eigenvalue weighted by atomic mass is 10.3. The van der Waals surface area contributed by atoms with Crippen molar-refractivity contribution in [2.24, 2.45) is 0 Å². The van der Waals surface area contributed by atoms with E-state index in [1.807, 2.05) is 36.7 Å². The topological polar surface area (TPSA) is 77.4 Å². The lowest BCUT2D eigenvalue weighted by molar-refractivity contribution is -0.129. The first-order chi connectivity index (χ1) is 11.0. The molecule has 2 N–H and O–H groups in total. The van der Waals surface area contributed by atoms with E-state index in [0.717, 1.165) is 16.3 Å². The fourth-order valence-electron chi connectivity index (χ4n) is 1.81. The summed E-state index contributed by atoms with van der Waals surface area (Å²) >= 11 is 6.76. The summed E-state index contributed by atoms with van der Waals surface area (Å²) < 4.78 is 5.09. The molecule has 1 atom stereocenters. The van der Waals surface area contributed by atoms with E-state index in [-0.39, 0.29) is 5.91 Å². The highest BCUT2D eigenvalue weighted by Crippen LogP contribution is 2.15. The molecule has 8 heteroatoms. The monoisotopic (exact) mass is 352 g/mol. The fourth-order valence-corrected chi connectivity index (χ4v) is 2.62. The number of rotatable bonds is 7. The molecule has 0 fully saturated rings. The molecule has 0 heterocycles. The molecule has 0 aliphatic carbocycles. The van der Waals surface area contributed by atoms with E-state index in [1.54, 1.807) is 14.0 Å². The second-order valence-electron chi connectivity index (χ2n) is 4.52. The maximum atomic E-state index is 12.3. The molecule has 0 spiro atoms. The molecule has 124 valence electrons. The molecule has 6 nitrogen and oxygen atoms in total. The van der Waals surface area contributed by atoms with Crippen LogP contribution < -0.4 is 15.4 Å². The van der Waals surface area contributed by atoms with E-state index >= 15 is 0 Å². The minimum atomic E-state index is -0.553. The third-order valence-corrected chi connectivity index (χ3v) is 3.87. The SMILES string of the molecule is CCN(C#N)C(=O)C(CSC)NC(=S)Nc1ccc(OC)cc1. The Bertz CT molecular complexity index is 572. The van der Waals surface area contributed by atoms with Crippen molar-refractivity contribution >= 4 is 40.7 Å². The maximum absolute atomic E-state index is 12.3. The molecule has 0 bridgehead atoms. The number of carbonyl (C=O) groups is 1. The van der Waals surface area contributed by atoms with Crippen molar-refractivity contribution in [3.05, 3.63) is 24.3 Å². The van der Waals surface area contributed by atoms with Gasteiger partial charge < -0.3 is 15.4 Å². The van der Waals surface area contributed by atoms with Crippen molar-refractivity contribution in [1.29, 1.82) is 5.26 Å². The number of nitrogens with zero attached hydrogens (tertiary/aromatic N) is 2. The van der Waals surface area contributed by atoms with Crippen LogP contribution >= 0.6 is 24.0 Å². The molecule has 0 saturated carbocycles. The second-order valence-corrected chi connectivity index (χ2v) is 5.84. The van der Waals surface area contributed by atoms with Crippen LogP contribution in [0.15, 0.2) is 24.3 Å². The van der Waals surface area contributed by atoms with Crippen molar-refractivity contribution in [2.75, 3.05) is 31.0 Å². The number of ether oxygens (including phenoxy) is 1. The zero-order chi connectivity index (χ0) is 17.2. The molecule has 0 aliphatic heterocycles. The quantitative estimate of drug-likeness (QED) is 0.442. The number of anilines is 1. The molecule has 0 aliphatic rings. The van der Waals surface area contributed by atoms with Crippen LogP contribution in [0.3, 0.4) is 0 Å². The molecule has 0 aromatic heterocycles. The van der Waals surface area contributed by atoms with Crippen molar-refractivity contribution in [3.8, 4) is 11.9 Å². The number of hydrogen-bond acceptors (Lipinski definition) is 5. The molecule has 0 radical (unpaired) electrons. The van der Waals surface area contributed by atoms with Crippen molar-refractivity contribution in [2.45, 2.75) is 13.0 Å². The number of nitriles is 1. The number of benzene rings is 1. The largest absolute Gasteiger partial charge is 0.497 e. The lowest BCUT2D eigenvalue weighted by Crippen LogP contribution is -2.49. The smallest absolute Gasteiger partial charge is 0.258 e. The van der Waals surface area contributed by atoms with Gasteiger partial charge in [-0.1, -0.05) is 0 Å². The summed E-state index contributed by atoms with van der Waals surface area (Å²) in [7, 11) is 1.60.